The number of hydrogen-bond donors (Lipinski definition) is 1. The average Bonchev–Trinajstić information content (AvgIpc) is 3.37. The van der Waals surface area contributed by atoms with Crippen molar-refractivity contribution in [2.24, 2.45) is 0 Å². The van der Waals surface area contributed by atoms with Crippen molar-refractivity contribution in [2.45, 2.75) is 18.7 Å². The molecule has 3 aromatic carbocycles. The monoisotopic (exact) mass is 521 g/mol. The van der Waals surface area contributed by atoms with Crippen LogP contribution in [0.3, 0.4) is 0 Å². The van der Waals surface area contributed by atoms with E-state index in [1.807, 2.05) is 30.3 Å². The van der Waals surface area contributed by atoms with Gasteiger partial charge in [0, 0.05) is 41.1 Å². The SMILES string of the molecule is CN(CC=Cc1ccc(OCC(O)(Cn2ccnc2)c2ccc(Cl)cc2Cl)cc1)Cc1ccccc1. The topological polar surface area (TPSA) is 50.5 Å². The molecule has 1 atom stereocenters. The van der Waals surface area contributed by atoms with Crippen molar-refractivity contribution in [3.63, 3.8) is 0 Å². The lowest BCUT2D eigenvalue weighted by molar-refractivity contribution is -0.0242. The van der Waals surface area contributed by atoms with E-state index in [-0.39, 0.29) is 13.2 Å². The summed E-state index contributed by atoms with van der Waals surface area (Å²) in [6.07, 6.45) is 9.33. The molecule has 1 unspecified atom stereocenters. The Balaban J connectivity index is 1.37. The Labute approximate surface area is 222 Å². The zero-order valence-corrected chi connectivity index (χ0v) is 21.6. The van der Waals surface area contributed by atoms with E-state index in [1.54, 1.807) is 41.5 Å². The van der Waals surface area contributed by atoms with Gasteiger partial charge in [-0.2, -0.15) is 0 Å². The number of imidazole rings is 1. The molecule has 1 aromatic heterocycles. The molecule has 0 bridgehead atoms. The maximum absolute atomic E-state index is 11.6. The van der Waals surface area contributed by atoms with Crippen LogP contribution in [0.2, 0.25) is 10.0 Å². The van der Waals surface area contributed by atoms with Crippen LogP contribution in [0.25, 0.3) is 6.08 Å². The van der Waals surface area contributed by atoms with Crippen molar-refractivity contribution in [2.75, 3.05) is 20.2 Å². The summed E-state index contributed by atoms with van der Waals surface area (Å²) < 4.78 is 7.80. The molecule has 0 amide bonds. The summed E-state index contributed by atoms with van der Waals surface area (Å²) in [4.78, 5) is 6.32. The Hall–Kier alpha value is -3.09. The first-order valence-corrected chi connectivity index (χ1v) is 12.4. The lowest BCUT2D eigenvalue weighted by Crippen LogP contribution is -2.38. The molecule has 0 saturated heterocycles. The van der Waals surface area contributed by atoms with Gasteiger partial charge in [-0.1, -0.05) is 83.9 Å². The predicted octanol–water partition coefficient (Wildman–Crippen LogP) is 6.30. The van der Waals surface area contributed by atoms with Crippen molar-refractivity contribution < 1.29 is 9.84 Å². The Morgan fingerprint density at radius 1 is 1.06 bits per heavy atom. The van der Waals surface area contributed by atoms with Crippen LogP contribution in [0.5, 0.6) is 5.75 Å². The normalized spacial score (nSPS) is 13.2. The fourth-order valence-electron chi connectivity index (χ4n) is 3.96. The quantitative estimate of drug-likeness (QED) is 0.251. The molecule has 4 aromatic rings. The number of ether oxygens (including phenoxy) is 1. The van der Waals surface area contributed by atoms with Crippen LogP contribution in [-0.2, 0) is 18.7 Å². The molecule has 5 nitrogen and oxygen atoms in total. The van der Waals surface area contributed by atoms with Crippen molar-refractivity contribution in [1.29, 1.82) is 0 Å². The minimum atomic E-state index is -1.38. The molecule has 0 fully saturated rings. The number of hydrogen-bond acceptors (Lipinski definition) is 4. The minimum absolute atomic E-state index is 0.00595. The highest BCUT2D eigenvalue weighted by atomic mass is 35.5. The van der Waals surface area contributed by atoms with Gasteiger partial charge in [-0.15, -0.1) is 0 Å². The Bertz CT molecular complexity index is 1260. The fourth-order valence-corrected chi connectivity index (χ4v) is 4.55. The summed E-state index contributed by atoms with van der Waals surface area (Å²) >= 11 is 12.5. The zero-order valence-electron chi connectivity index (χ0n) is 20.1. The van der Waals surface area contributed by atoms with Gasteiger partial charge in [-0.05, 0) is 42.4 Å². The van der Waals surface area contributed by atoms with Gasteiger partial charge in [0.1, 0.15) is 18.0 Å². The van der Waals surface area contributed by atoms with Gasteiger partial charge in [0.25, 0.3) is 0 Å². The number of likely N-dealkylation sites (N-methyl/N-ethyl adjacent to an activating group) is 1. The first-order chi connectivity index (χ1) is 17.4. The van der Waals surface area contributed by atoms with Crippen LogP contribution in [0.4, 0.5) is 0 Å². The van der Waals surface area contributed by atoms with E-state index in [1.165, 1.54) is 5.56 Å². The molecule has 0 radical (unpaired) electrons. The third kappa shape index (κ3) is 7.21. The molecule has 0 spiro atoms. The van der Waals surface area contributed by atoms with E-state index in [0.717, 1.165) is 18.7 Å². The van der Waals surface area contributed by atoms with E-state index < -0.39 is 5.60 Å². The highest BCUT2D eigenvalue weighted by molar-refractivity contribution is 6.35. The van der Waals surface area contributed by atoms with Crippen molar-refractivity contribution >= 4 is 29.3 Å². The lowest BCUT2D eigenvalue weighted by Gasteiger charge is -2.30. The summed E-state index contributed by atoms with van der Waals surface area (Å²) in [6, 6.07) is 23.3. The second-order valence-corrected chi connectivity index (χ2v) is 9.68. The maximum Gasteiger partial charge on any atom is 0.143 e. The number of rotatable bonds is 11. The highest BCUT2D eigenvalue weighted by Crippen LogP contribution is 2.33. The smallest absolute Gasteiger partial charge is 0.143 e. The molecule has 0 aliphatic heterocycles. The van der Waals surface area contributed by atoms with Gasteiger partial charge in [0.2, 0.25) is 0 Å². The molecule has 1 heterocycles. The Kier molecular flexibility index (Phi) is 8.83. The van der Waals surface area contributed by atoms with Crippen molar-refractivity contribution in [3.8, 4) is 5.75 Å². The summed E-state index contributed by atoms with van der Waals surface area (Å²) in [5.74, 6) is 0.655. The van der Waals surface area contributed by atoms with Gasteiger partial charge in [-0.3, -0.25) is 4.90 Å². The van der Waals surface area contributed by atoms with Crippen LogP contribution in [0.1, 0.15) is 16.7 Å². The number of benzene rings is 3. The first kappa shape index (κ1) is 26.0. The fraction of sp³-hybridized carbons (Fsp3) is 0.207. The van der Waals surface area contributed by atoms with Gasteiger partial charge in [0.05, 0.1) is 12.9 Å². The minimum Gasteiger partial charge on any atom is -0.490 e. The number of halogens is 2. The van der Waals surface area contributed by atoms with E-state index in [4.69, 9.17) is 27.9 Å². The summed E-state index contributed by atoms with van der Waals surface area (Å²) in [6.45, 7) is 1.98. The predicted molar refractivity (Wildman–Crippen MR) is 146 cm³/mol. The van der Waals surface area contributed by atoms with E-state index in [2.05, 4.69) is 53.3 Å². The standard InChI is InChI=1S/C29H29Cl2N3O2/c1-33(19-24-6-3-2-4-7-24)16-5-8-23-9-12-26(13-10-23)36-21-29(35,20-34-17-15-32-22-34)27-14-11-25(30)18-28(27)31/h2-15,17-18,22,35H,16,19-21H2,1H3. The molecule has 0 aliphatic carbocycles. The van der Waals surface area contributed by atoms with Gasteiger partial charge < -0.3 is 14.4 Å². The molecule has 7 heteroatoms. The van der Waals surface area contributed by atoms with Crippen molar-refractivity contribution in [1.82, 2.24) is 14.5 Å². The van der Waals surface area contributed by atoms with E-state index >= 15 is 0 Å². The number of aromatic nitrogens is 2. The largest absolute Gasteiger partial charge is 0.490 e. The average molecular weight is 522 g/mol. The molecule has 1 N–H and O–H groups in total. The van der Waals surface area contributed by atoms with Crippen LogP contribution in [0.15, 0.2) is 97.6 Å². The van der Waals surface area contributed by atoms with Crippen LogP contribution in [0, 0.1) is 0 Å². The molecule has 186 valence electrons. The number of nitrogens with zero attached hydrogens (tertiary/aromatic N) is 3. The van der Waals surface area contributed by atoms with E-state index in [0.29, 0.717) is 21.4 Å². The van der Waals surface area contributed by atoms with E-state index in [9.17, 15) is 5.11 Å². The third-order valence-electron chi connectivity index (χ3n) is 5.82. The lowest BCUT2D eigenvalue weighted by atomic mass is 9.94. The van der Waals surface area contributed by atoms with Crippen molar-refractivity contribution in [3.05, 3.63) is 124 Å². The zero-order chi connectivity index (χ0) is 25.4. The third-order valence-corrected chi connectivity index (χ3v) is 6.36. The molecule has 0 saturated carbocycles. The van der Waals surface area contributed by atoms with Gasteiger partial charge in [0.15, 0.2) is 0 Å². The number of aliphatic hydroxyl groups is 1. The van der Waals surface area contributed by atoms with Gasteiger partial charge in [-0.25, -0.2) is 4.98 Å². The second kappa shape index (κ2) is 12.2. The molecule has 4 rings (SSSR count). The summed E-state index contributed by atoms with van der Waals surface area (Å²) in [5, 5.41) is 12.5. The molecular formula is C29H29Cl2N3O2. The summed E-state index contributed by atoms with van der Waals surface area (Å²) in [7, 11) is 2.10. The molecule has 0 aliphatic rings. The molecule has 36 heavy (non-hydrogen) atoms. The van der Waals surface area contributed by atoms with Gasteiger partial charge >= 0.3 is 0 Å². The first-order valence-electron chi connectivity index (χ1n) is 11.7. The van der Waals surface area contributed by atoms with Crippen LogP contribution >= 0.6 is 23.2 Å². The van der Waals surface area contributed by atoms with Crippen LogP contribution in [-0.4, -0.2) is 39.8 Å². The highest BCUT2D eigenvalue weighted by Gasteiger charge is 2.33. The maximum atomic E-state index is 11.6. The Morgan fingerprint density at radius 3 is 2.53 bits per heavy atom. The summed E-state index contributed by atoms with van der Waals surface area (Å²) in [5.41, 5.74) is 1.53. The molecular weight excluding hydrogens is 493 g/mol. The van der Waals surface area contributed by atoms with Crippen LogP contribution < -0.4 is 4.74 Å². The second-order valence-electron chi connectivity index (χ2n) is 8.83. The Morgan fingerprint density at radius 2 is 1.83 bits per heavy atom.